The number of likely N-dealkylation sites (tertiary alicyclic amines) is 1. The van der Waals surface area contributed by atoms with Gasteiger partial charge in [0.1, 0.15) is 0 Å². The summed E-state index contributed by atoms with van der Waals surface area (Å²) >= 11 is 0. The van der Waals surface area contributed by atoms with E-state index in [2.05, 4.69) is 6.92 Å². The topological polar surface area (TPSA) is 60.9 Å². The van der Waals surface area contributed by atoms with Crippen LogP contribution in [0.1, 0.15) is 32.6 Å². The number of hydrogen-bond acceptors (Lipinski definition) is 2. The molecule has 0 saturated carbocycles. The number of nitrogens with zero attached hydrogens (tertiary/aromatic N) is 2. The first-order chi connectivity index (χ1) is 8.04. The van der Waals surface area contributed by atoms with Crippen LogP contribution in [0.25, 0.3) is 0 Å². The van der Waals surface area contributed by atoms with Crippen LogP contribution >= 0.6 is 0 Å². The molecule has 98 valence electrons. The van der Waals surface area contributed by atoms with E-state index < -0.39 is 5.97 Å². The van der Waals surface area contributed by atoms with Gasteiger partial charge in [0, 0.05) is 26.7 Å². The summed E-state index contributed by atoms with van der Waals surface area (Å²) in [7, 11) is 1.66. The third-order valence-corrected chi connectivity index (χ3v) is 3.45. The van der Waals surface area contributed by atoms with Crippen molar-refractivity contribution >= 4 is 12.0 Å². The lowest BCUT2D eigenvalue weighted by molar-refractivity contribution is -0.137. The number of rotatable bonds is 4. The normalized spacial score (nSPS) is 16.9. The number of carbonyl (C=O) groups is 2. The molecular weight excluding hydrogens is 220 g/mol. The molecular formula is C12H22N2O3. The highest BCUT2D eigenvalue weighted by Crippen LogP contribution is 2.20. The maximum Gasteiger partial charge on any atom is 0.319 e. The Morgan fingerprint density at radius 3 is 2.41 bits per heavy atom. The molecule has 0 aromatic rings. The minimum Gasteiger partial charge on any atom is -0.481 e. The van der Waals surface area contributed by atoms with Gasteiger partial charge in [0.15, 0.2) is 0 Å². The molecule has 5 heteroatoms. The van der Waals surface area contributed by atoms with Gasteiger partial charge in [0.25, 0.3) is 0 Å². The van der Waals surface area contributed by atoms with Crippen LogP contribution in [0.4, 0.5) is 4.79 Å². The van der Waals surface area contributed by atoms with Gasteiger partial charge < -0.3 is 14.9 Å². The molecule has 1 aliphatic rings. The van der Waals surface area contributed by atoms with E-state index >= 15 is 0 Å². The van der Waals surface area contributed by atoms with Gasteiger partial charge >= 0.3 is 12.0 Å². The van der Waals surface area contributed by atoms with E-state index in [4.69, 9.17) is 5.11 Å². The Labute approximate surface area is 102 Å². The van der Waals surface area contributed by atoms with Gasteiger partial charge in [-0.3, -0.25) is 4.79 Å². The maximum atomic E-state index is 12.0. The largest absolute Gasteiger partial charge is 0.481 e. The average Bonchev–Trinajstić information content (AvgIpc) is 2.35. The maximum absolute atomic E-state index is 12.0. The fourth-order valence-corrected chi connectivity index (χ4v) is 2.13. The molecule has 5 nitrogen and oxygen atoms in total. The zero-order valence-electron chi connectivity index (χ0n) is 10.7. The van der Waals surface area contributed by atoms with Gasteiger partial charge in [0.05, 0.1) is 6.42 Å². The molecule has 2 amide bonds. The summed E-state index contributed by atoms with van der Waals surface area (Å²) in [4.78, 5) is 25.7. The van der Waals surface area contributed by atoms with Gasteiger partial charge in [-0.25, -0.2) is 4.79 Å². The molecule has 0 aromatic heterocycles. The van der Waals surface area contributed by atoms with E-state index in [0.717, 1.165) is 31.8 Å². The first kappa shape index (κ1) is 13.8. The highest BCUT2D eigenvalue weighted by Gasteiger charge is 2.23. The minimum atomic E-state index is -0.866. The SMILES string of the molecule is CCC1CCN(C(=O)N(C)CCC(=O)O)CC1. The third kappa shape index (κ3) is 4.24. The second-order valence-corrected chi connectivity index (χ2v) is 4.69. The summed E-state index contributed by atoms with van der Waals surface area (Å²) in [5, 5.41) is 8.57. The van der Waals surface area contributed by atoms with E-state index in [-0.39, 0.29) is 19.0 Å². The molecule has 0 atom stereocenters. The minimum absolute atomic E-state index is 0.00760. The number of carboxylic acids is 1. The van der Waals surface area contributed by atoms with E-state index in [1.165, 1.54) is 11.3 Å². The van der Waals surface area contributed by atoms with Crippen molar-refractivity contribution in [1.29, 1.82) is 0 Å². The van der Waals surface area contributed by atoms with Gasteiger partial charge in [-0.15, -0.1) is 0 Å². The Morgan fingerprint density at radius 1 is 1.35 bits per heavy atom. The molecule has 0 radical (unpaired) electrons. The van der Waals surface area contributed by atoms with Crippen molar-refractivity contribution in [2.45, 2.75) is 32.6 Å². The number of carboxylic acid groups (broad SMARTS) is 1. The zero-order valence-corrected chi connectivity index (χ0v) is 10.7. The fraction of sp³-hybridized carbons (Fsp3) is 0.833. The fourth-order valence-electron chi connectivity index (χ4n) is 2.13. The summed E-state index contributed by atoms with van der Waals surface area (Å²) in [6.07, 6.45) is 3.31. The predicted octanol–water partition coefficient (Wildman–Crippen LogP) is 1.63. The first-order valence-electron chi connectivity index (χ1n) is 6.26. The molecule has 0 unspecified atom stereocenters. The quantitative estimate of drug-likeness (QED) is 0.815. The molecule has 1 N–H and O–H groups in total. The van der Waals surface area contributed by atoms with E-state index in [1.807, 2.05) is 4.90 Å². The van der Waals surface area contributed by atoms with Crippen LogP contribution in [0.2, 0.25) is 0 Å². The first-order valence-corrected chi connectivity index (χ1v) is 6.26. The van der Waals surface area contributed by atoms with Gasteiger partial charge in [-0.05, 0) is 18.8 Å². The molecule has 17 heavy (non-hydrogen) atoms. The number of carbonyl (C=O) groups excluding carboxylic acids is 1. The summed E-state index contributed by atoms with van der Waals surface area (Å²) in [6.45, 7) is 4.06. The molecule has 0 aliphatic carbocycles. The van der Waals surface area contributed by atoms with Crippen molar-refractivity contribution in [3.63, 3.8) is 0 Å². The number of piperidine rings is 1. The van der Waals surface area contributed by atoms with Gasteiger partial charge in [-0.2, -0.15) is 0 Å². The predicted molar refractivity (Wildman–Crippen MR) is 64.9 cm³/mol. The van der Waals surface area contributed by atoms with Crippen LogP contribution in [0, 0.1) is 5.92 Å². The van der Waals surface area contributed by atoms with E-state index in [1.54, 1.807) is 7.05 Å². The number of amides is 2. The molecule has 0 bridgehead atoms. The molecule has 0 spiro atoms. The van der Waals surface area contributed by atoms with Crippen LogP contribution < -0.4 is 0 Å². The standard InChI is InChI=1S/C12H22N2O3/c1-3-10-4-8-14(9-5-10)12(17)13(2)7-6-11(15)16/h10H,3-9H2,1-2H3,(H,15,16). The lowest BCUT2D eigenvalue weighted by Gasteiger charge is -2.34. The Bertz CT molecular complexity index is 273. The molecule has 1 rings (SSSR count). The van der Waals surface area contributed by atoms with Crippen molar-refractivity contribution in [3.05, 3.63) is 0 Å². The molecule has 1 aliphatic heterocycles. The van der Waals surface area contributed by atoms with Gasteiger partial charge in [0.2, 0.25) is 0 Å². The lowest BCUT2D eigenvalue weighted by atomic mass is 9.95. The summed E-state index contributed by atoms with van der Waals surface area (Å²) in [5.41, 5.74) is 0. The number of urea groups is 1. The van der Waals surface area contributed by atoms with E-state index in [9.17, 15) is 9.59 Å². The molecule has 1 heterocycles. The smallest absolute Gasteiger partial charge is 0.319 e. The van der Waals surface area contributed by atoms with Crippen molar-refractivity contribution in [2.24, 2.45) is 5.92 Å². The van der Waals surface area contributed by atoms with Crippen molar-refractivity contribution < 1.29 is 14.7 Å². The van der Waals surface area contributed by atoms with Crippen molar-refractivity contribution in [1.82, 2.24) is 9.80 Å². The van der Waals surface area contributed by atoms with E-state index in [0.29, 0.717) is 0 Å². The molecule has 0 aromatic carbocycles. The van der Waals surface area contributed by atoms with Crippen LogP contribution in [-0.2, 0) is 4.79 Å². The average molecular weight is 242 g/mol. The Kier molecular flexibility index (Phi) is 5.25. The molecule has 1 saturated heterocycles. The number of hydrogen-bond donors (Lipinski definition) is 1. The van der Waals surface area contributed by atoms with Crippen LogP contribution in [0.5, 0.6) is 0 Å². The third-order valence-electron chi connectivity index (χ3n) is 3.45. The highest BCUT2D eigenvalue weighted by atomic mass is 16.4. The highest BCUT2D eigenvalue weighted by molar-refractivity contribution is 5.75. The monoisotopic (exact) mass is 242 g/mol. The summed E-state index contributed by atoms with van der Waals surface area (Å²) in [6, 6.07) is -0.0409. The van der Waals surface area contributed by atoms with Crippen LogP contribution in [-0.4, -0.2) is 53.6 Å². The summed E-state index contributed by atoms with van der Waals surface area (Å²) in [5.74, 6) is -0.127. The summed E-state index contributed by atoms with van der Waals surface area (Å²) < 4.78 is 0. The zero-order chi connectivity index (χ0) is 12.8. The second-order valence-electron chi connectivity index (χ2n) is 4.69. The van der Waals surface area contributed by atoms with Gasteiger partial charge in [-0.1, -0.05) is 13.3 Å². The number of aliphatic carboxylic acids is 1. The molecule has 1 fully saturated rings. The van der Waals surface area contributed by atoms with Crippen molar-refractivity contribution in [2.75, 3.05) is 26.7 Å². The van der Waals surface area contributed by atoms with Crippen LogP contribution in [0.15, 0.2) is 0 Å². The Balaban J connectivity index is 2.34. The lowest BCUT2D eigenvalue weighted by Crippen LogP contribution is -2.45. The van der Waals surface area contributed by atoms with Crippen molar-refractivity contribution in [3.8, 4) is 0 Å². The Morgan fingerprint density at radius 2 is 1.94 bits per heavy atom. The second kappa shape index (κ2) is 6.47. The Hall–Kier alpha value is -1.26. The van der Waals surface area contributed by atoms with Crippen LogP contribution in [0.3, 0.4) is 0 Å².